The van der Waals surface area contributed by atoms with Gasteiger partial charge in [0, 0.05) is 47.1 Å². The first-order chi connectivity index (χ1) is 15.2. The second-order valence-corrected chi connectivity index (χ2v) is 9.74. The van der Waals surface area contributed by atoms with Gasteiger partial charge >= 0.3 is 0 Å². The van der Waals surface area contributed by atoms with Crippen molar-refractivity contribution < 1.29 is 4.79 Å². The monoisotopic (exact) mass is 429 g/mol. The summed E-state index contributed by atoms with van der Waals surface area (Å²) in [4.78, 5) is 32.3. The predicted molar refractivity (Wildman–Crippen MR) is 122 cm³/mol. The van der Waals surface area contributed by atoms with Crippen LogP contribution in [0.2, 0.25) is 0 Å². The Balaban J connectivity index is 1.29. The van der Waals surface area contributed by atoms with Crippen molar-refractivity contribution in [3.8, 4) is 0 Å². The predicted octanol–water partition coefficient (Wildman–Crippen LogP) is 4.10. The van der Waals surface area contributed by atoms with Gasteiger partial charge in [0.2, 0.25) is 5.91 Å². The third kappa shape index (κ3) is 3.22. The van der Waals surface area contributed by atoms with E-state index in [4.69, 9.17) is 0 Å². The van der Waals surface area contributed by atoms with Crippen molar-refractivity contribution in [3.63, 3.8) is 0 Å². The molecule has 1 aromatic heterocycles. The minimum atomic E-state index is 0.0933. The fraction of sp³-hybridized carbons (Fsp3) is 0.280. The van der Waals surface area contributed by atoms with Crippen LogP contribution in [-0.2, 0) is 11.3 Å². The summed E-state index contributed by atoms with van der Waals surface area (Å²) in [5.74, 6) is 0.826. The van der Waals surface area contributed by atoms with Crippen molar-refractivity contribution in [1.82, 2.24) is 9.47 Å². The molecule has 0 saturated carbocycles. The molecule has 1 fully saturated rings. The second kappa shape index (κ2) is 7.39. The van der Waals surface area contributed by atoms with Crippen LogP contribution in [0.5, 0.6) is 0 Å². The fourth-order valence-corrected chi connectivity index (χ4v) is 6.42. The number of aromatic nitrogens is 1. The molecule has 5 nitrogen and oxygen atoms in total. The molecular weight excluding hydrogens is 406 g/mol. The Kier molecular flexibility index (Phi) is 4.51. The summed E-state index contributed by atoms with van der Waals surface area (Å²) >= 11 is 1.72. The smallest absolute Gasteiger partial charge is 0.250 e. The fourth-order valence-electron chi connectivity index (χ4n) is 5.36. The zero-order valence-corrected chi connectivity index (χ0v) is 17.9. The Morgan fingerprint density at radius 2 is 1.58 bits per heavy atom. The number of rotatable bonds is 2. The Morgan fingerprint density at radius 1 is 0.871 bits per heavy atom. The molecule has 2 aromatic carbocycles. The zero-order chi connectivity index (χ0) is 20.9. The lowest BCUT2D eigenvalue weighted by Gasteiger charge is -2.43. The molecule has 2 atom stereocenters. The molecule has 0 aliphatic carbocycles. The van der Waals surface area contributed by atoms with Gasteiger partial charge < -0.3 is 4.57 Å². The number of hydrogen-bond donors (Lipinski definition) is 0. The van der Waals surface area contributed by atoms with E-state index in [0.29, 0.717) is 18.4 Å². The van der Waals surface area contributed by atoms with Crippen molar-refractivity contribution in [2.45, 2.75) is 28.7 Å². The Hall–Kier alpha value is -2.83. The van der Waals surface area contributed by atoms with Crippen molar-refractivity contribution in [3.05, 3.63) is 82.8 Å². The summed E-state index contributed by atoms with van der Waals surface area (Å²) < 4.78 is 1.94. The molecule has 0 unspecified atom stereocenters. The highest BCUT2D eigenvalue weighted by molar-refractivity contribution is 7.99. The summed E-state index contributed by atoms with van der Waals surface area (Å²) in [7, 11) is 0. The number of anilines is 2. The number of carbonyl (C=O) groups excluding carboxylic acids is 1. The standard InChI is InChI=1S/C25H23N3O2S/c29-24-11-5-8-19-18-12-17(14-27(19)24)13-26(15-18)16-25(30)28-20-6-1-3-9-22(20)31-23-10-4-2-7-21(23)28/h1-11,17-18H,12-16H2/t17-,18-/m0/s1. The maximum atomic E-state index is 13.6. The van der Waals surface area contributed by atoms with E-state index in [0.717, 1.165) is 52.9 Å². The van der Waals surface area contributed by atoms with E-state index in [1.165, 1.54) is 0 Å². The van der Waals surface area contributed by atoms with Gasteiger partial charge in [-0.25, -0.2) is 0 Å². The van der Waals surface area contributed by atoms with Gasteiger partial charge in [0.25, 0.3) is 5.56 Å². The zero-order valence-electron chi connectivity index (χ0n) is 17.1. The number of benzene rings is 2. The molecule has 1 saturated heterocycles. The van der Waals surface area contributed by atoms with Crippen molar-refractivity contribution >= 4 is 29.0 Å². The number of piperidine rings is 1. The number of amides is 1. The minimum Gasteiger partial charge on any atom is -0.312 e. The average molecular weight is 430 g/mol. The Bertz CT molecular complexity index is 1190. The van der Waals surface area contributed by atoms with Crippen LogP contribution in [0.3, 0.4) is 0 Å². The Labute approximate surface area is 185 Å². The number of para-hydroxylation sites is 2. The maximum Gasteiger partial charge on any atom is 0.250 e. The molecule has 3 aliphatic heterocycles. The van der Waals surface area contributed by atoms with E-state index in [9.17, 15) is 9.59 Å². The van der Waals surface area contributed by atoms with Gasteiger partial charge in [-0.15, -0.1) is 0 Å². The van der Waals surface area contributed by atoms with Crippen molar-refractivity contribution in [1.29, 1.82) is 0 Å². The van der Waals surface area contributed by atoms with Crippen LogP contribution in [0.25, 0.3) is 0 Å². The average Bonchev–Trinajstić information content (AvgIpc) is 2.78. The molecule has 0 spiro atoms. The number of pyridine rings is 1. The lowest BCUT2D eigenvalue weighted by atomic mass is 9.83. The van der Waals surface area contributed by atoms with E-state index < -0.39 is 0 Å². The molecule has 1 amide bonds. The van der Waals surface area contributed by atoms with Gasteiger partial charge in [-0.2, -0.15) is 0 Å². The second-order valence-electron chi connectivity index (χ2n) is 8.66. The highest BCUT2D eigenvalue weighted by atomic mass is 32.2. The number of carbonyl (C=O) groups is 1. The van der Waals surface area contributed by atoms with Crippen LogP contribution in [0.1, 0.15) is 18.0 Å². The molecule has 3 aliphatic rings. The summed E-state index contributed by atoms with van der Waals surface area (Å²) in [6.07, 6.45) is 1.10. The van der Waals surface area contributed by atoms with Gasteiger partial charge in [0.1, 0.15) is 0 Å². The van der Waals surface area contributed by atoms with E-state index in [1.54, 1.807) is 17.8 Å². The molecule has 6 heteroatoms. The lowest BCUT2D eigenvalue weighted by Crippen LogP contribution is -2.50. The number of hydrogen-bond acceptors (Lipinski definition) is 4. The maximum absolute atomic E-state index is 13.6. The number of nitrogens with zero attached hydrogens (tertiary/aromatic N) is 3. The van der Waals surface area contributed by atoms with Gasteiger partial charge in [0.15, 0.2) is 0 Å². The first-order valence-corrected chi connectivity index (χ1v) is 11.6. The van der Waals surface area contributed by atoms with Crippen LogP contribution >= 0.6 is 11.8 Å². The van der Waals surface area contributed by atoms with E-state index in [2.05, 4.69) is 23.1 Å². The third-order valence-corrected chi connectivity index (χ3v) is 7.73. The summed E-state index contributed by atoms with van der Waals surface area (Å²) in [6, 6.07) is 21.8. The highest BCUT2D eigenvalue weighted by Gasteiger charge is 2.36. The van der Waals surface area contributed by atoms with Crippen LogP contribution in [0.15, 0.2) is 81.3 Å². The topological polar surface area (TPSA) is 45.6 Å². The molecule has 156 valence electrons. The van der Waals surface area contributed by atoms with E-state index in [1.807, 2.05) is 51.9 Å². The van der Waals surface area contributed by atoms with Crippen molar-refractivity contribution in [2.75, 3.05) is 24.5 Å². The third-order valence-electron chi connectivity index (χ3n) is 6.60. The molecular formula is C25H23N3O2S. The molecule has 0 radical (unpaired) electrons. The molecule has 4 heterocycles. The number of fused-ring (bicyclic) bond motifs is 6. The van der Waals surface area contributed by atoms with Gasteiger partial charge in [-0.05, 0) is 42.7 Å². The summed E-state index contributed by atoms with van der Waals surface area (Å²) in [5.41, 5.74) is 3.14. The van der Waals surface area contributed by atoms with E-state index in [-0.39, 0.29) is 11.5 Å². The van der Waals surface area contributed by atoms with Crippen LogP contribution in [0.4, 0.5) is 11.4 Å². The SMILES string of the molecule is O=C(CN1C[C@@H]2C[C@@H](C1)c1cccc(=O)n1C2)N1c2ccccc2Sc2ccccc21. The normalized spacial score (nSPS) is 21.7. The van der Waals surface area contributed by atoms with Crippen LogP contribution in [0, 0.1) is 5.92 Å². The van der Waals surface area contributed by atoms with Gasteiger partial charge in [0.05, 0.1) is 17.9 Å². The number of likely N-dealkylation sites (tertiary alicyclic amines) is 1. The van der Waals surface area contributed by atoms with Crippen LogP contribution < -0.4 is 10.5 Å². The lowest BCUT2D eigenvalue weighted by molar-refractivity contribution is -0.119. The highest BCUT2D eigenvalue weighted by Crippen LogP contribution is 2.48. The minimum absolute atomic E-state index is 0.0933. The molecule has 0 N–H and O–H groups in total. The summed E-state index contributed by atoms with van der Waals surface area (Å²) in [6.45, 7) is 2.81. The molecule has 31 heavy (non-hydrogen) atoms. The quantitative estimate of drug-likeness (QED) is 0.615. The van der Waals surface area contributed by atoms with E-state index >= 15 is 0 Å². The molecule has 2 bridgehead atoms. The molecule has 6 rings (SSSR count). The van der Waals surface area contributed by atoms with Gasteiger partial charge in [-0.1, -0.05) is 42.1 Å². The van der Waals surface area contributed by atoms with Crippen molar-refractivity contribution in [2.24, 2.45) is 5.92 Å². The van der Waals surface area contributed by atoms with Gasteiger partial charge in [-0.3, -0.25) is 19.4 Å². The first kappa shape index (κ1) is 18.9. The first-order valence-electron chi connectivity index (χ1n) is 10.8. The largest absolute Gasteiger partial charge is 0.312 e. The molecule has 3 aromatic rings. The summed E-state index contributed by atoms with van der Waals surface area (Å²) in [5, 5.41) is 0. The van der Waals surface area contributed by atoms with Crippen LogP contribution in [-0.4, -0.2) is 35.0 Å². The Morgan fingerprint density at radius 3 is 2.32 bits per heavy atom.